The highest BCUT2D eigenvalue weighted by molar-refractivity contribution is 6.24. The standard InChI is InChI=1S/C56H35N5O/c1-3-16-36(17-4-1)55-57-58-56(37-18-5-2-6-19-37)61(55)49-30-15-29-48-52(49)44-25-7-10-27-46(44)59(48)40-22-13-20-38(34-40)39-21-14-23-41(35-39)60-47-28-11-8-26-45(47)53-50(60)33-32-43-42-24-9-12-31-51(42)62-54(43)53/h1-35H. The van der Waals surface area contributed by atoms with Gasteiger partial charge in [-0.1, -0.05) is 146 Å². The lowest BCUT2D eigenvalue weighted by Crippen LogP contribution is -2.01. The summed E-state index contributed by atoms with van der Waals surface area (Å²) >= 11 is 0. The normalized spacial score (nSPS) is 11.9. The number of fused-ring (bicyclic) bond motifs is 10. The first kappa shape index (κ1) is 34.4. The van der Waals surface area contributed by atoms with E-state index in [0.717, 1.165) is 111 Å². The van der Waals surface area contributed by atoms with E-state index in [1.807, 2.05) is 42.5 Å². The molecule has 0 bridgehead atoms. The number of furan rings is 1. The van der Waals surface area contributed by atoms with Crippen molar-refractivity contribution < 1.29 is 4.42 Å². The monoisotopic (exact) mass is 793 g/mol. The van der Waals surface area contributed by atoms with Gasteiger partial charge in [-0.25, -0.2) is 0 Å². The van der Waals surface area contributed by atoms with Gasteiger partial charge in [0.1, 0.15) is 11.2 Å². The molecular weight excluding hydrogens is 759 g/mol. The van der Waals surface area contributed by atoms with E-state index < -0.39 is 0 Å². The van der Waals surface area contributed by atoms with Gasteiger partial charge < -0.3 is 13.6 Å². The summed E-state index contributed by atoms with van der Waals surface area (Å²) in [6.45, 7) is 0. The maximum absolute atomic E-state index is 6.58. The fourth-order valence-electron chi connectivity index (χ4n) is 9.69. The van der Waals surface area contributed by atoms with E-state index in [-0.39, 0.29) is 0 Å². The van der Waals surface area contributed by atoms with Crippen LogP contribution in [-0.2, 0) is 0 Å². The number of rotatable bonds is 6. The van der Waals surface area contributed by atoms with Gasteiger partial charge >= 0.3 is 0 Å². The van der Waals surface area contributed by atoms with E-state index in [4.69, 9.17) is 14.6 Å². The predicted octanol–water partition coefficient (Wildman–Crippen LogP) is 14.4. The molecule has 290 valence electrons. The van der Waals surface area contributed by atoms with Gasteiger partial charge in [0.05, 0.1) is 33.1 Å². The van der Waals surface area contributed by atoms with Gasteiger partial charge in [-0.3, -0.25) is 4.57 Å². The largest absolute Gasteiger partial charge is 0.455 e. The molecule has 13 aromatic rings. The van der Waals surface area contributed by atoms with Crippen molar-refractivity contribution in [2.45, 2.75) is 0 Å². The van der Waals surface area contributed by atoms with Crippen molar-refractivity contribution in [1.29, 1.82) is 0 Å². The highest BCUT2D eigenvalue weighted by Gasteiger charge is 2.23. The lowest BCUT2D eigenvalue weighted by Gasteiger charge is -2.14. The molecule has 62 heavy (non-hydrogen) atoms. The Balaban J connectivity index is 0.984. The zero-order valence-electron chi connectivity index (χ0n) is 33.4. The number of para-hydroxylation sites is 3. The van der Waals surface area contributed by atoms with E-state index >= 15 is 0 Å². The number of benzene rings is 9. The summed E-state index contributed by atoms with van der Waals surface area (Å²) in [6, 6.07) is 75.1. The molecule has 9 aromatic carbocycles. The van der Waals surface area contributed by atoms with E-state index in [0.29, 0.717) is 0 Å². The third-order valence-electron chi connectivity index (χ3n) is 12.4. The highest BCUT2D eigenvalue weighted by atomic mass is 16.3. The topological polar surface area (TPSA) is 53.7 Å². The molecule has 4 aromatic heterocycles. The van der Waals surface area contributed by atoms with Crippen LogP contribution in [0.3, 0.4) is 0 Å². The molecule has 0 aliphatic heterocycles. The molecule has 0 unspecified atom stereocenters. The third-order valence-corrected chi connectivity index (χ3v) is 12.4. The molecule has 0 saturated heterocycles. The molecular formula is C56H35N5O. The Hall–Kier alpha value is -8.48. The Kier molecular flexibility index (Phi) is 7.50. The predicted molar refractivity (Wildman–Crippen MR) is 254 cm³/mol. The summed E-state index contributed by atoms with van der Waals surface area (Å²) < 4.78 is 13.6. The molecule has 0 atom stereocenters. The second-order valence-electron chi connectivity index (χ2n) is 15.8. The van der Waals surface area contributed by atoms with Crippen LogP contribution in [0.5, 0.6) is 0 Å². The van der Waals surface area contributed by atoms with Crippen molar-refractivity contribution in [2.75, 3.05) is 0 Å². The van der Waals surface area contributed by atoms with Crippen LogP contribution in [0.2, 0.25) is 0 Å². The molecule has 6 heteroatoms. The second kappa shape index (κ2) is 13.5. The van der Waals surface area contributed by atoms with Crippen molar-refractivity contribution in [3.63, 3.8) is 0 Å². The summed E-state index contributed by atoms with van der Waals surface area (Å²) in [4.78, 5) is 0. The lowest BCUT2D eigenvalue weighted by atomic mass is 10.0. The van der Waals surface area contributed by atoms with Gasteiger partial charge in [0.2, 0.25) is 0 Å². The van der Waals surface area contributed by atoms with Crippen LogP contribution in [0.4, 0.5) is 0 Å². The molecule has 13 rings (SSSR count). The van der Waals surface area contributed by atoms with Crippen LogP contribution in [0.25, 0.3) is 117 Å². The van der Waals surface area contributed by atoms with Crippen LogP contribution in [-0.4, -0.2) is 23.9 Å². The number of hydrogen-bond donors (Lipinski definition) is 0. The first-order valence-electron chi connectivity index (χ1n) is 20.9. The molecule has 0 aliphatic rings. The molecule has 0 saturated carbocycles. The second-order valence-corrected chi connectivity index (χ2v) is 15.8. The van der Waals surface area contributed by atoms with Crippen molar-refractivity contribution in [2.24, 2.45) is 0 Å². The fourth-order valence-corrected chi connectivity index (χ4v) is 9.69. The zero-order chi connectivity index (χ0) is 40.7. The van der Waals surface area contributed by atoms with Crippen LogP contribution >= 0.6 is 0 Å². The van der Waals surface area contributed by atoms with Crippen LogP contribution in [0.15, 0.2) is 217 Å². The van der Waals surface area contributed by atoms with E-state index in [1.54, 1.807) is 0 Å². The summed E-state index contributed by atoms with van der Waals surface area (Å²) in [5, 5.41) is 16.5. The Labute approximate surface area is 355 Å². The Bertz CT molecular complexity index is 3810. The molecule has 4 heterocycles. The van der Waals surface area contributed by atoms with Crippen LogP contribution in [0, 0.1) is 0 Å². The minimum Gasteiger partial charge on any atom is -0.455 e. The summed E-state index contributed by atoms with van der Waals surface area (Å²) in [5.74, 6) is 1.59. The molecule has 6 nitrogen and oxygen atoms in total. The van der Waals surface area contributed by atoms with Gasteiger partial charge in [-0.2, -0.15) is 0 Å². The van der Waals surface area contributed by atoms with E-state index in [9.17, 15) is 0 Å². The van der Waals surface area contributed by atoms with Crippen LogP contribution < -0.4 is 0 Å². The average molecular weight is 794 g/mol. The fraction of sp³-hybridized carbons (Fsp3) is 0. The smallest absolute Gasteiger partial charge is 0.168 e. The number of nitrogens with zero attached hydrogens (tertiary/aromatic N) is 5. The summed E-state index contributed by atoms with van der Waals surface area (Å²) in [7, 11) is 0. The minimum atomic E-state index is 0.793. The van der Waals surface area contributed by atoms with Crippen molar-refractivity contribution in [3.8, 4) is 51.0 Å². The molecule has 0 spiro atoms. The van der Waals surface area contributed by atoms with E-state index in [1.165, 1.54) is 5.39 Å². The molecule has 0 fully saturated rings. The van der Waals surface area contributed by atoms with E-state index in [2.05, 4.69) is 184 Å². The summed E-state index contributed by atoms with van der Waals surface area (Å²) in [5.41, 5.74) is 13.8. The van der Waals surface area contributed by atoms with Gasteiger partial charge in [-0.05, 0) is 77.9 Å². The van der Waals surface area contributed by atoms with Gasteiger partial charge in [0.15, 0.2) is 11.6 Å². The Morgan fingerprint density at radius 2 is 0.806 bits per heavy atom. The SMILES string of the molecule is c1ccc(-c2nnc(-c3ccccc3)n2-c2cccc3c2c2ccccc2n3-c2cccc(-c3cccc(-n4c5ccccc5c5c6oc7ccccc7c6ccc54)c3)c2)cc1. The maximum atomic E-state index is 6.58. The average Bonchev–Trinajstić information content (AvgIpc) is 4.12. The van der Waals surface area contributed by atoms with Gasteiger partial charge in [-0.15, -0.1) is 10.2 Å². The molecule has 0 radical (unpaired) electrons. The van der Waals surface area contributed by atoms with Gasteiger partial charge in [0, 0.05) is 49.4 Å². The highest BCUT2D eigenvalue weighted by Crippen LogP contribution is 2.42. The van der Waals surface area contributed by atoms with Crippen molar-refractivity contribution in [3.05, 3.63) is 212 Å². The van der Waals surface area contributed by atoms with Crippen LogP contribution in [0.1, 0.15) is 0 Å². The van der Waals surface area contributed by atoms with Crippen molar-refractivity contribution >= 4 is 65.6 Å². The molecule has 0 N–H and O–H groups in total. The van der Waals surface area contributed by atoms with Gasteiger partial charge in [0.25, 0.3) is 0 Å². The summed E-state index contributed by atoms with van der Waals surface area (Å²) in [6.07, 6.45) is 0. The maximum Gasteiger partial charge on any atom is 0.168 e. The molecule has 0 aliphatic carbocycles. The lowest BCUT2D eigenvalue weighted by molar-refractivity contribution is 0.673. The third kappa shape index (κ3) is 5.10. The van der Waals surface area contributed by atoms with Crippen molar-refractivity contribution in [1.82, 2.24) is 23.9 Å². The Morgan fingerprint density at radius 3 is 1.44 bits per heavy atom. The zero-order valence-corrected chi connectivity index (χ0v) is 33.4. The Morgan fingerprint density at radius 1 is 0.323 bits per heavy atom. The first-order chi connectivity index (χ1) is 30.8. The number of aromatic nitrogens is 5. The quantitative estimate of drug-likeness (QED) is 0.168. The number of hydrogen-bond acceptors (Lipinski definition) is 3. The minimum absolute atomic E-state index is 0.793. The molecule has 0 amide bonds. The first-order valence-corrected chi connectivity index (χ1v) is 20.9.